The molecule has 0 bridgehead atoms. The summed E-state index contributed by atoms with van der Waals surface area (Å²) >= 11 is 1.64. The lowest BCUT2D eigenvalue weighted by molar-refractivity contribution is 0.289. The number of nitrogens with zero attached hydrogens (tertiary/aromatic N) is 2. The van der Waals surface area contributed by atoms with Gasteiger partial charge in [-0.3, -0.25) is 4.57 Å². The van der Waals surface area contributed by atoms with E-state index >= 15 is 0 Å². The number of aromatic nitrogens is 1. The highest BCUT2D eigenvalue weighted by Gasteiger charge is 2.06. The Morgan fingerprint density at radius 2 is 1.32 bits per heavy atom. The second-order valence-corrected chi connectivity index (χ2v) is 9.49. The maximum atomic E-state index is 5.86. The van der Waals surface area contributed by atoms with E-state index in [0.717, 1.165) is 59.4 Å². The molecule has 0 spiro atoms. The van der Waals surface area contributed by atoms with Crippen LogP contribution in [0.5, 0.6) is 11.5 Å². The number of ether oxygens (including phenoxy) is 2. The number of hydrogen-bond donors (Lipinski definition) is 0. The van der Waals surface area contributed by atoms with Crippen molar-refractivity contribution in [1.29, 1.82) is 0 Å². The number of benzene rings is 2. The van der Waals surface area contributed by atoms with Gasteiger partial charge in [0.05, 0.1) is 18.9 Å². The zero-order valence-corrected chi connectivity index (χ0v) is 20.1. The summed E-state index contributed by atoms with van der Waals surface area (Å²) < 4.78 is 13.8. The summed E-state index contributed by atoms with van der Waals surface area (Å²) in [6, 6.07) is 16.3. The summed E-state index contributed by atoms with van der Waals surface area (Å²) in [5, 5.41) is 2.13. The minimum atomic E-state index is 0.646. The summed E-state index contributed by atoms with van der Waals surface area (Å²) in [6.45, 7) is 12.4. The summed E-state index contributed by atoms with van der Waals surface area (Å²) in [5.74, 6) is 3.09. The molecule has 3 aromatic rings. The van der Waals surface area contributed by atoms with E-state index in [0.29, 0.717) is 11.8 Å². The van der Waals surface area contributed by atoms with E-state index in [4.69, 9.17) is 14.5 Å². The summed E-state index contributed by atoms with van der Waals surface area (Å²) in [5.41, 5.74) is 3.16. The Labute approximate surface area is 190 Å². The van der Waals surface area contributed by atoms with Crippen molar-refractivity contribution >= 4 is 17.0 Å². The first-order valence-corrected chi connectivity index (χ1v) is 12.0. The van der Waals surface area contributed by atoms with Gasteiger partial charge in [-0.25, -0.2) is 4.99 Å². The van der Waals surface area contributed by atoms with Crippen LogP contribution in [0.25, 0.3) is 5.69 Å². The van der Waals surface area contributed by atoms with Crippen LogP contribution in [-0.4, -0.2) is 17.8 Å². The van der Waals surface area contributed by atoms with E-state index in [-0.39, 0.29) is 0 Å². The summed E-state index contributed by atoms with van der Waals surface area (Å²) in [7, 11) is 0. The van der Waals surface area contributed by atoms with Gasteiger partial charge in [0.25, 0.3) is 0 Å². The molecule has 4 nitrogen and oxygen atoms in total. The molecule has 1 aromatic heterocycles. The maximum absolute atomic E-state index is 5.86. The van der Waals surface area contributed by atoms with Crippen LogP contribution >= 0.6 is 11.3 Å². The zero-order chi connectivity index (χ0) is 22.2. The molecule has 0 saturated carbocycles. The molecule has 0 saturated heterocycles. The third-order valence-corrected chi connectivity index (χ3v) is 5.91. The lowest BCUT2D eigenvalue weighted by atomic mass is 10.1. The van der Waals surface area contributed by atoms with Crippen LogP contribution in [0.1, 0.15) is 46.2 Å². The van der Waals surface area contributed by atoms with E-state index in [2.05, 4.69) is 56.7 Å². The predicted molar refractivity (Wildman–Crippen MR) is 130 cm³/mol. The highest BCUT2D eigenvalue weighted by Crippen LogP contribution is 2.20. The Morgan fingerprint density at radius 1 is 0.806 bits per heavy atom. The van der Waals surface area contributed by atoms with Crippen molar-refractivity contribution in [2.24, 2.45) is 16.8 Å². The highest BCUT2D eigenvalue weighted by molar-refractivity contribution is 7.07. The third-order valence-electron chi connectivity index (χ3n) is 4.96. The van der Waals surface area contributed by atoms with Crippen molar-refractivity contribution in [3.8, 4) is 17.2 Å². The topological polar surface area (TPSA) is 35.8 Å². The lowest BCUT2D eigenvalue weighted by Gasteiger charge is -2.10. The first kappa shape index (κ1) is 23.1. The highest BCUT2D eigenvalue weighted by atomic mass is 32.1. The van der Waals surface area contributed by atoms with Crippen LogP contribution < -0.4 is 14.3 Å². The van der Waals surface area contributed by atoms with E-state index in [9.17, 15) is 0 Å². The Hall–Kier alpha value is -2.53. The van der Waals surface area contributed by atoms with E-state index < -0.39 is 0 Å². The van der Waals surface area contributed by atoms with Gasteiger partial charge in [0.1, 0.15) is 11.5 Å². The Bertz CT molecular complexity index is 999. The number of thiazole rings is 1. The van der Waals surface area contributed by atoms with Crippen LogP contribution in [0.15, 0.2) is 58.9 Å². The standard InChI is InChI=1S/C26H34N2O2S/c1-19(2)14-16-29-24-10-6-22(7-11-24)27-26-28(21(5)18-31-26)23-8-12-25(13-9-23)30-17-15-20(3)4/h6-13,18-20H,14-17H2,1-5H3. The number of hydrogen-bond acceptors (Lipinski definition) is 4. The molecule has 0 fully saturated rings. The van der Waals surface area contributed by atoms with Crippen LogP contribution in [0, 0.1) is 18.8 Å². The molecule has 3 rings (SSSR count). The normalized spacial score (nSPS) is 12.0. The van der Waals surface area contributed by atoms with E-state index in [1.807, 2.05) is 36.4 Å². The minimum Gasteiger partial charge on any atom is -0.494 e. The van der Waals surface area contributed by atoms with Gasteiger partial charge < -0.3 is 9.47 Å². The average molecular weight is 439 g/mol. The van der Waals surface area contributed by atoms with Gasteiger partial charge in [-0.2, -0.15) is 0 Å². The average Bonchev–Trinajstić information content (AvgIpc) is 3.09. The smallest absolute Gasteiger partial charge is 0.194 e. The lowest BCUT2D eigenvalue weighted by Crippen LogP contribution is -2.13. The molecule has 0 radical (unpaired) electrons. The molecule has 0 amide bonds. The van der Waals surface area contributed by atoms with Gasteiger partial charge in [-0.1, -0.05) is 27.7 Å². The predicted octanol–water partition coefficient (Wildman–Crippen LogP) is 6.93. The third kappa shape index (κ3) is 7.00. The van der Waals surface area contributed by atoms with Crippen molar-refractivity contribution < 1.29 is 9.47 Å². The molecule has 0 aliphatic heterocycles. The van der Waals surface area contributed by atoms with Gasteiger partial charge >= 0.3 is 0 Å². The Balaban J connectivity index is 1.74. The van der Waals surface area contributed by atoms with Crippen LogP contribution in [0.4, 0.5) is 5.69 Å². The largest absolute Gasteiger partial charge is 0.494 e. The molecule has 166 valence electrons. The Kier molecular flexibility index (Phi) is 8.35. The fraction of sp³-hybridized carbons (Fsp3) is 0.423. The minimum absolute atomic E-state index is 0.646. The van der Waals surface area contributed by atoms with Gasteiger partial charge in [0.2, 0.25) is 0 Å². The molecule has 0 N–H and O–H groups in total. The molecule has 0 unspecified atom stereocenters. The van der Waals surface area contributed by atoms with Crippen molar-refractivity contribution in [2.75, 3.05) is 13.2 Å². The van der Waals surface area contributed by atoms with Gasteiger partial charge in [-0.15, -0.1) is 11.3 Å². The molecule has 1 heterocycles. The fourth-order valence-electron chi connectivity index (χ4n) is 3.03. The van der Waals surface area contributed by atoms with Crippen LogP contribution in [0.2, 0.25) is 0 Å². The first-order chi connectivity index (χ1) is 14.9. The molecular weight excluding hydrogens is 404 g/mol. The molecule has 5 heteroatoms. The number of aryl methyl sites for hydroxylation is 1. The maximum Gasteiger partial charge on any atom is 0.194 e. The van der Waals surface area contributed by atoms with Crippen molar-refractivity contribution in [3.05, 3.63) is 64.4 Å². The molecule has 2 aromatic carbocycles. The SMILES string of the molecule is Cc1csc(=Nc2ccc(OCCC(C)C)cc2)n1-c1ccc(OCCC(C)C)cc1. The number of rotatable bonds is 10. The van der Waals surface area contributed by atoms with Crippen LogP contribution in [0.3, 0.4) is 0 Å². The monoisotopic (exact) mass is 438 g/mol. The second kappa shape index (κ2) is 11.2. The van der Waals surface area contributed by atoms with Crippen molar-refractivity contribution in [2.45, 2.75) is 47.5 Å². The van der Waals surface area contributed by atoms with Gasteiger partial charge in [-0.05, 0) is 80.1 Å². The molecular formula is C26H34N2O2S. The zero-order valence-electron chi connectivity index (χ0n) is 19.3. The fourth-order valence-corrected chi connectivity index (χ4v) is 3.92. The van der Waals surface area contributed by atoms with Gasteiger partial charge in [0, 0.05) is 16.8 Å². The van der Waals surface area contributed by atoms with Crippen molar-refractivity contribution in [1.82, 2.24) is 4.57 Å². The Morgan fingerprint density at radius 3 is 1.84 bits per heavy atom. The quantitative estimate of drug-likeness (QED) is 0.344. The summed E-state index contributed by atoms with van der Waals surface area (Å²) in [4.78, 5) is 5.82. The molecule has 31 heavy (non-hydrogen) atoms. The van der Waals surface area contributed by atoms with E-state index in [1.165, 1.54) is 0 Å². The molecule has 0 aliphatic rings. The second-order valence-electron chi connectivity index (χ2n) is 8.66. The van der Waals surface area contributed by atoms with E-state index in [1.54, 1.807) is 11.3 Å². The van der Waals surface area contributed by atoms with Crippen molar-refractivity contribution in [3.63, 3.8) is 0 Å². The van der Waals surface area contributed by atoms with Crippen LogP contribution in [-0.2, 0) is 0 Å². The summed E-state index contributed by atoms with van der Waals surface area (Å²) in [6.07, 6.45) is 2.12. The first-order valence-electron chi connectivity index (χ1n) is 11.1. The molecule has 0 atom stereocenters. The molecule has 0 aliphatic carbocycles. The van der Waals surface area contributed by atoms with Gasteiger partial charge in [0.15, 0.2) is 4.80 Å².